The normalized spacial score (nSPS) is 13.3. The first-order chi connectivity index (χ1) is 18.2. The molecule has 0 fully saturated rings. The summed E-state index contributed by atoms with van der Waals surface area (Å²) in [7, 11) is -5.21. The number of hydrogen-bond acceptors (Lipinski definition) is 2. The standard InChI is InChI=1S/C29H24F5NO2S/c30-23-24(31)26(33)29(27(34)25(23)32)38(36,37)35-28(21-16-8-3-9-17-21)22(20-14-6-2-7-15-20)18-10-13-19-11-4-1-5-12-19/h1-9,11-12,14-17,22,28,35H,10,13,18H2/t22-,28+/m1/s1. The van der Waals surface area contributed by atoms with Crippen molar-refractivity contribution in [2.24, 2.45) is 0 Å². The predicted molar refractivity (Wildman–Crippen MR) is 134 cm³/mol. The molecule has 4 aromatic carbocycles. The Morgan fingerprint density at radius 1 is 0.605 bits per heavy atom. The molecule has 0 saturated heterocycles. The smallest absolute Gasteiger partial charge is 0.207 e. The maximum Gasteiger partial charge on any atom is 0.247 e. The van der Waals surface area contributed by atoms with Crippen LogP contribution in [0.4, 0.5) is 22.0 Å². The van der Waals surface area contributed by atoms with Gasteiger partial charge in [0, 0.05) is 5.92 Å². The summed E-state index contributed by atoms with van der Waals surface area (Å²) >= 11 is 0. The first-order valence-electron chi connectivity index (χ1n) is 11.9. The van der Waals surface area contributed by atoms with Crippen molar-refractivity contribution in [1.29, 1.82) is 0 Å². The highest BCUT2D eigenvalue weighted by atomic mass is 32.2. The summed E-state index contributed by atoms with van der Waals surface area (Å²) in [6.45, 7) is 0. The summed E-state index contributed by atoms with van der Waals surface area (Å²) in [5.41, 5.74) is 2.29. The van der Waals surface area contributed by atoms with Crippen LogP contribution in [0.5, 0.6) is 0 Å². The van der Waals surface area contributed by atoms with E-state index in [-0.39, 0.29) is 0 Å². The first kappa shape index (κ1) is 27.5. The molecule has 0 radical (unpaired) electrons. The Balaban J connectivity index is 1.76. The molecule has 38 heavy (non-hydrogen) atoms. The van der Waals surface area contributed by atoms with Crippen molar-refractivity contribution in [3.05, 3.63) is 137 Å². The minimum atomic E-state index is -5.21. The number of hydrogen-bond donors (Lipinski definition) is 1. The van der Waals surface area contributed by atoms with E-state index in [1.165, 1.54) is 0 Å². The van der Waals surface area contributed by atoms with E-state index in [2.05, 4.69) is 4.72 Å². The van der Waals surface area contributed by atoms with E-state index in [0.29, 0.717) is 24.8 Å². The molecule has 0 aliphatic heterocycles. The highest BCUT2D eigenvalue weighted by molar-refractivity contribution is 7.89. The molecule has 198 valence electrons. The molecule has 0 aliphatic rings. The van der Waals surface area contributed by atoms with E-state index >= 15 is 0 Å². The Morgan fingerprint density at radius 3 is 1.58 bits per heavy atom. The average molecular weight is 546 g/mol. The van der Waals surface area contributed by atoms with Crippen molar-refractivity contribution in [3.8, 4) is 0 Å². The number of aryl methyl sites for hydroxylation is 1. The fourth-order valence-corrected chi connectivity index (χ4v) is 5.89. The molecule has 0 unspecified atom stereocenters. The molecule has 3 nitrogen and oxygen atoms in total. The topological polar surface area (TPSA) is 46.2 Å². The molecule has 0 saturated carbocycles. The van der Waals surface area contributed by atoms with E-state index < -0.39 is 56.0 Å². The summed E-state index contributed by atoms with van der Waals surface area (Å²) in [6, 6.07) is 25.9. The Hall–Kier alpha value is -3.56. The molecule has 0 aromatic heterocycles. The van der Waals surface area contributed by atoms with Crippen molar-refractivity contribution in [3.63, 3.8) is 0 Å². The Morgan fingerprint density at radius 2 is 1.05 bits per heavy atom. The van der Waals surface area contributed by atoms with E-state index in [4.69, 9.17) is 0 Å². The Labute approximate surface area is 218 Å². The van der Waals surface area contributed by atoms with Gasteiger partial charge in [-0.25, -0.2) is 35.1 Å². The zero-order valence-electron chi connectivity index (χ0n) is 20.1. The van der Waals surface area contributed by atoms with Crippen molar-refractivity contribution in [1.82, 2.24) is 4.72 Å². The van der Waals surface area contributed by atoms with Gasteiger partial charge in [-0.1, -0.05) is 91.0 Å². The lowest BCUT2D eigenvalue weighted by Gasteiger charge is -2.29. The number of rotatable bonds is 10. The van der Waals surface area contributed by atoms with Gasteiger partial charge >= 0.3 is 0 Å². The first-order valence-corrected chi connectivity index (χ1v) is 13.4. The molecule has 1 N–H and O–H groups in total. The molecule has 2 atom stereocenters. The fourth-order valence-electron chi connectivity index (χ4n) is 4.49. The van der Waals surface area contributed by atoms with Crippen molar-refractivity contribution >= 4 is 10.0 Å². The van der Waals surface area contributed by atoms with Crippen LogP contribution < -0.4 is 4.72 Å². The van der Waals surface area contributed by atoms with Crippen LogP contribution >= 0.6 is 0 Å². The van der Waals surface area contributed by atoms with Crippen LogP contribution in [-0.4, -0.2) is 8.42 Å². The van der Waals surface area contributed by atoms with Crippen LogP contribution in [0, 0.1) is 29.1 Å². The molecular weight excluding hydrogens is 521 g/mol. The SMILES string of the molecule is O=S(=O)(N[C@@H](c1ccccc1)[C@H](CCCc1ccccc1)c1ccccc1)c1c(F)c(F)c(F)c(F)c1F. The second-order valence-electron chi connectivity index (χ2n) is 8.80. The van der Waals surface area contributed by atoms with Crippen molar-refractivity contribution < 1.29 is 30.4 Å². The lowest BCUT2D eigenvalue weighted by Crippen LogP contribution is -2.34. The number of nitrogens with one attached hydrogen (secondary N) is 1. The van der Waals surface area contributed by atoms with Crippen LogP contribution in [-0.2, 0) is 16.4 Å². The lowest BCUT2D eigenvalue weighted by molar-refractivity contribution is 0.356. The third-order valence-corrected chi connectivity index (χ3v) is 7.79. The van der Waals surface area contributed by atoms with Gasteiger partial charge in [0.1, 0.15) is 0 Å². The predicted octanol–water partition coefficient (Wildman–Crippen LogP) is 7.21. The molecular formula is C29H24F5NO2S. The van der Waals surface area contributed by atoms with Gasteiger partial charge in [-0.3, -0.25) is 0 Å². The van der Waals surface area contributed by atoms with Crippen LogP contribution in [0.25, 0.3) is 0 Å². The van der Waals surface area contributed by atoms with Crippen molar-refractivity contribution in [2.45, 2.75) is 36.1 Å². The van der Waals surface area contributed by atoms with Crippen molar-refractivity contribution in [2.75, 3.05) is 0 Å². The lowest BCUT2D eigenvalue weighted by atomic mass is 9.83. The summed E-state index contributed by atoms with van der Waals surface area (Å²) < 4.78 is 99.2. The number of benzene rings is 4. The Bertz CT molecular complexity index is 1460. The third-order valence-electron chi connectivity index (χ3n) is 6.33. The molecule has 4 rings (SSSR count). The number of halogens is 5. The molecule has 0 heterocycles. The van der Waals surface area contributed by atoms with Crippen LogP contribution in [0.2, 0.25) is 0 Å². The monoisotopic (exact) mass is 545 g/mol. The Kier molecular flexibility index (Phi) is 8.58. The van der Waals surface area contributed by atoms with Gasteiger partial charge in [0.2, 0.25) is 15.8 Å². The third kappa shape index (κ3) is 5.95. The zero-order chi connectivity index (χ0) is 27.3. The minimum absolute atomic E-state index is 0.456. The van der Waals surface area contributed by atoms with Gasteiger partial charge in [0.05, 0.1) is 6.04 Å². The summed E-state index contributed by atoms with van der Waals surface area (Å²) in [4.78, 5) is -1.91. The van der Waals surface area contributed by atoms with Gasteiger partial charge < -0.3 is 0 Å². The van der Waals surface area contributed by atoms with E-state index in [1.54, 1.807) is 60.7 Å². The molecule has 0 aliphatic carbocycles. The molecule has 0 bridgehead atoms. The largest absolute Gasteiger partial charge is 0.247 e. The van der Waals surface area contributed by atoms with Gasteiger partial charge in [-0.05, 0) is 36.0 Å². The quantitative estimate of drug-likeness (QED) is 0.130. The molecule has 0 amide bonds. The molecule has 9 heteroatoms. The number of sulfonamides is 1. The van der Waals surface area contributed by atoms with E-state index in [9.17, 15) is 30.4 Å². The van der Waals surface area contributed by atoms with Gasteiger partial charge in [-0.15, -0.1) is 0 Å². The highest BCUT2D eigenvalue weighted by Gasteiger charge is 2.37. The maximum atomic E-state index is 14.5. The van der Waals surface area contributed by atoms with E-state index in [0.717, 1.165) is 11.1 Å². The zero-order valence-corrected chi connectivity index (χ0v) is 20.9. The highest BCUT2D eigenvalue weighted by Crippen LogP contribution is 2.37. The summed E-state index contributed by atoms with van der Waals surface area (Å²) in [5.74, 6) is -12.5. The minimum Gasteiger partial charge on any atom is -0.207 e. The maximum absolute atomic E-state index is 14.5. The van der Waals surface area contributed by atoms with Gasteiger partial charge in [-0.2, -0.15) is 0 Å². The average Bonchev–Trinajstić information content (AvgIpc) is 2.93. The second-order valence-corrected chi connectivity index (χ2v) is 10.5. The van der Waals surface area contributed by atoms with Crippen LogP contribution in [0.15, 0.2) is 95.9 Å². The summed E-state index contributed by atoms with van der Waals surface area (Å²) in [5, 5.41) is 0. The second kappa shape index (κ2) is 11.9. The molecule has 0 spiro atoms. The summed E-state index contributed by atoms with van der Waals surface area (Å²) in [6.07, 6.45) is 1.78. The van der Waals surface area contributed by atoms with Crippen LogP contribution in [0.1, 0.15) is 41.5 Å². The van der Waals surface area contributed by atoms with Gasteiger partial charge in [0.15, 0.2) is 28.2 Å². The molecule has 4 aromatic rings. The van der Waals surface area contributed by atoms with Crippen LogP contribution in [0.3, 0.4) is 0 Å². The van der Waals surface area contributed by atoms with E-state index in [1.807, 2.05) is 30.3 Å². The fraction of sp³-hybridized carbons (Fsp3) is 0.172. The van der Waals surface area contributed by atoms with Gasteiger partial charge in [0.25, 0.3) is 0 Å².